The van der Waals surface area contributed by atoms with Gasteiger partial charge in [-0.2, -0.15) is 4.31 Å². The number of aromatic nitrogens is 2. The largest absolute Gasteiger partial charge is 0.451 e. The number of rotatable bonds is 6. The van der Waals surface area contributed by atoms with Gasteiger partial charge in [-0.1, -0.05) is 0 Å². The Balaban J connectivity index is 1.57. The van der Waals surface area contributed by atoms with E-state index in [0.29, 0.717) is 18.8 Å². The number of hydrogen-bond donors (Lipinski definition) is 3. The fourth-order valence-corrected chi connectivity index (χ4v) is 4.29. The number of anilines is 1. The number of esters is 1. The van der Waals surface area contributed by atoms with Gasteiger partial charge in [-0.3, -0.25) is 14.6 Å². The van der Waals surface area contributed by atoms with E-state index >= 15 is 0 Å². The molecular formula is C17H18N4O7S. The third-order valence-corrected chi connectivity index (χ3v) is 6.07. The van der Waals surface area contributed by atoms with Gasteiger partial charge in [0.05, 0.1) is 4.90 Å². The monoisotopic (exact) mass is 422 g/mol. The third-order valence-electron chi connectivity index (χ3n) is 4.16. The van der Waals surface area contributed by atoms with Crippen LogP contribution in [0.1, 0.15) is 23.3 Å². The maximum absolute atomic E-state index is 12.5. The van der Waals surface area contributed by atoms with Gasteiger partial charge in [0.2, 0.25) is 10.0 Å². The van der Waals surface area contributed by atoms with E-state index in [1.165, 1.54) is 28.6 Å². The van der Waals surface area contributed by atoms with Crippen LogP contribution in [-0.2, 0) is 19.6 Å². The lowest BCUT2D eigenvalue weighted by atomic mass is 10.3. The topological polar surface area (TPSA) is 158 Å². The molecular weight excluding hydrogens is 404 g/mol. The highest BCUT2D eigenvalue weighted by Gasteiger charge is 2.26. The number of benzene rings is 1. The van der Waals surface area contributed by atoms with Crippen molar-refractivity contribution in [3.8, 4) is 0 Å². The number of nitrogens with zero attached hydrogens (tertiary/aromatic N) is 1. The molecule has 11 nitrogen and oxygen atoms in total. The molecule has 1 aromatic carbocycles. The molecule has 154 valence electrons. The highest BCUT2D eigenvalue weighted by molar-refractivity contribution is 7.89. The Kier molecular flexibility index (Phi) is 5.94. The van der Waals surface area contributed by atoms with Crippen molar-refractivity contribution in [1.29, 1.82) is 0 Å². The lowest BCUT2D eigenvalue weighted by Gasteiger charge is -2.15. The van der Waals surface area contributed by atoms with Crippen molar-refractivity contribution < 1.29 is 22.7 Å². The average molecular weight is 422 g/mol. The number of aromatic amines is 2. The Labute approximate surface area is 164 Å². The van der Waals surface area contributed by atoms with Gasteiger partial charge in [-0.05, 0) is 37.1 Å². The van der Waals surface area contributed by atoms with Crippen molar-refractivity contribution in [2.24, 2.45) is 0 Å². The van der Waals surface area contributed by atoms with Crippen LogP contribution in [0.5, 0.6) is 0 Å². The Morgan fingerprint density at radius 2 is 1.72 bits per heavy atom. The number of hydrogen-bond acceptors (Lipinski definition) is 7. The number of carbonyl (C=O) groups is 2. The lowest BCUT2D eigenvalue weighted by Crippen LogP contribution is -2.28. The van der Waals surface area contributed by atoms with Crippen LogP contribution in [0.4, 0.5) is 5.69 Å². The fourth-order valence-electron chi connectivity index (χ4n) is 2.77. The minimum absolute atomic E-state index is 0.127. The SMILES string of the molecule is O=C(COC(=O)c1cc(=O)[nH]c(=O)[nH]1)Nc1ccc(S(=O)(=O)N2CCCC2)cc1. The number of sulfonamides is 1. The summed E-state index contributed by atoms with van der Waals surface area (Å²) in [6.45, 7) is 0.316. The summed E-state index contributed by atoms with van der Waals surface area (Å²) in [5.74, 6) is -1.73. The third kappa shape index (κ3) is 4.97. The molecule has 29 heavy (non-hydrogen) atoms. The normalized spacial score (nSPS) is 14.5. The molecule has 1 saturated heterocycles. The summed E-state index contributed by atoms with van der Waals surface area (Å²) in [5, 5.41) is 2.46. The van der Waals surface area contributed by atoms with Crippen LogP contribution in [-0.4, -0.2) is 54.3 Å². The molecule has 0 atom stereocenters. The van der Waals surface area contributed by atoms with E-state index in [2.05, 4.69) is 10.3 Å². The second kappa shape index (κ2) is 8.41. The first-order chi connectivity index (χ1) is 13.8. The first kappa shape index (κ1) is 20.5. The maximum atomic E-state index is 12.5. The van der Waals surface area contributed by atoms with Gasteiger partial charge in [-0.15, -0.1) is 0 Å². The number of nitrogens with one attached hydrogen (secondary N) is 3. The van der Waals surface area contributed by atoms with E-state index in [0.717, 1.165) is 18.9 Å². The molecule has 12 heteroatoms. The highest BCUT2D eigenvalue weighted by atomic mass is 32.2. The van der Waals surface area contributed by atoms with Crippen molar-refractivity contribution in [2.45, 2.75) is 17.7 Å². The van der Waals surface area contributed by atoms with Crippen LogP contribution >= 0.6 is 0 Å². The van der Waals surface area contributed by atoms with E-state index in [9.17, 15) is 27.6 Å². The molecule has 1 aromatic heterocycles. The van der Waals surface area contributed by atoms with Crippen LogP contribution in [0.3, 0.4) is 0 Å². The molecule has 0 saturated carbocycles. The van der Waals surface area contributed by atoms with E-state index in [-0.39, 0.29) is 10.6 Å². The molecule has 1 amide bonds. The number of carbonyl (C=O) groups excluding carboxylic acids is 2. The van der Waals surface area contributed by atoms with Gasteiger partial charge < -0.3 is 15.0 Å². The zero-order chi connectivity index (χ0) is 21.0. The van der Waals surface area contributed by atoms with Gasteiger partial charge in [0.25, 0.3) is 11.5 Å². The van der Waals surface area contributed by atoms with Crippen LogP contribution in [0.25, 0.3) is 0 Å². The van der Waals surface area contributed by atoms with Crippen LogP contribution in [0.15, 0.2) is 44.8 Å². The molecule has 0 spiro atoms. The van der Waals surface area contributed by atoms with Crippen molar-refractivity contribution >= 4 is 27.6 Å². The van der Waals surface area contributed by atoms with Gasteiger partial charge >= 0.3 is 11.7 Å². The lowest BCUT2D eigenvalue weighted by molar-refractivity contribution is -0.119. The summed E-state index contributed by atoms with van der Waals surface area (Å²) >= 11 is 0. The molecule has 1 fully saturated rings. The molecule has 0 bridgehead atoms. The molecule has 1 aliphatic rings. The molecule has 3 N–H and O–H groups in total. The van der Waals surface area contributed by atoms with E-state index < -0.39 is 39.8 Å². The van der Waals surface area contributed by atoms with Gasteiger partial charge in [-0.25, -0.2) is 18.0 Å². The summed E-state index contributed by atoms with van der Waals surface area (Å²) in [4.78, 5) is 50.1. The van der Waals surface area contributed by atoms with Gasteiger partial charge in [0.1, 0.15) is 5.69 Å². The average Bonchev–Trinajstić information content (AvgIpc) is 3.21. The minimum Gasteiger partial charge on any atom is -0.451 e. The Morgan fingerprint density at radius 1 is 1.07 bits per heavy atom. The molecule has 3 rings (SSSR count). The number of ether oxygens (including phenoxy) is 1. The predicted molar refractivity (Wildman–Crippen MR) is 101 cm³/mol. The van der Waals surface area contributed by atoms with E-state index in [1.807, 2.05) is 4.98 Å². The summed E-state index contributed by atoms with van der Waals surface area (Å²) in [6, 6.07) is 6.46. The summed E-state index contributed by atoms with van der Waals surface area (Å²) in [5.41, 5.74) is -1.73. The molecule has 2 heterocycles. The van der Waals surface area contributed by atoms with Crippen molar-refractivity contribution in [3.05, 3.63) is 56.9 Å². The number of amides is 1. The maximum Gasteiger partial charge on any atom is 0.355 e. The minimum atomic E-state index is -3.55. The van der Waals surface area contributed by atoms with E-state index in [1.54, 1.807) is 0 Å². The zero-order valence-corrected chi connectivity index (χ0v) is 16.0. The summed E-state index contributed by atoms with van der Waals surface area (Å²) in [6.07, 6.45) is 1.66. The van der Waals surface area contributed by atoms with Gasteiger partial charge in [0.15, 0.2) is 6.61 Å². The van der Waals surface area contributed by atoms with Crippen LogP contribution < -0.4 is 16.6 Å². The van der Waals surface area contributed by atoms with E-state index in [4.69, 9.17) is 4.74 Å². The Bertz CT molecular complexity index is 1100. The molecule has 0 aliphatic carbocycles. The second-order valence-electron chi connectivity index (χ2n) is 6.26. The summed E-state index contributed by atoms with van der Waals surface area (Å²) < 4.78 is 31.1. The zero-order valence-electron chi connectivity index (χ0n) is 15.1. The predicted octanol–water partition coefficient (Wildman–Crippen LogP) is -0.357. The molecule has 2 aromatic rings. The standard InChI is InChI=1S/C17H18N4O7S/c22-14-9-13(19-17(25)20-14)16(24)28-10-15(23)18-11-3-5-12(6-4-11)29(26,27)21-7-1-2-8-21/h3-6,9H,1-2,7-8,10H2,(H,18,23)(H2,19,20,22,25). The summed E-state index contributed by atoms with van der Waals surface area (Å²) in [7, 11) is -3.55. The van der Waals surface area contributed by atoms with Crippen LogP contribution in [0, 0.1) is 0 Å². The van der Waals surface area contributed by atoms with Crippen molar-refractivity contribution in [1.82, 2.24) is 14.3 Å². The van der Waals surface area contributed by atoms with Crippen LogP contribution in [0.2, 0.25) is 0 Å². The first-order valence-electron chi connectivity index (χ1n) is 8.66. The number of H-pyrrole nitrogens is 2. The van der Waals surface area contributed by atoms with Gasteiger partial charge in [0, 0.05) is 24.8 Å². The highest BCUT2D eigenvalue weighted by Crippen LogP contribution is 2.22. The smallest absolute Gasteiger partial charge is 0.355 e. The molecule has 0 radical (unpaired) electrons. The van der Waals surface area contributed by atoms with Crippen molar-refractivity contribution in [2.75, 3.05) is 25.0 Å². The molecule has 0 unspecified atom stereocenters. The quantitative estimate of drug-likeness (QED) is 0.536. The Hall–Kier alpha value is -3.25. The Morgan fingerprint density at radius 3 is 2.34 bits per heavy atom. The first-order valence-corrected chi connectivity index (χ1v) is 10.1. The fraction of sp³-hybridized carbons (Fsp3) is 0.294. The molecule has 1 aliphatic heterocycles. The van der Waals surface area contributed by atoms with Crippen molar-refractivity contribution in [3.63, 3.8) is 0 Å². The second-order valence-corrected chi connectivity index (χ2v) is 8.20.